The third kappa shape index (κ3) is 3.67. The number of halogens is 1. The molecular formula is C19H21ClN2O. The third-order valence-corrected chi connectivity index (χ3v) is 4.79. The highest BCUT2D eigenvalue weighted by molar-refractivity contribution is 6.30. The summed E-state index contributed by atoms with van der Waals surface area (Å²) in [5.74, 6) is 0.0386. The van der Waals surface area contributed by atoms with Gasteiger partial charge in [0.1, 0.15) is 0 Å². The molecule has 1 saturated carbocycles. The van der Waals surface area contributed by atoms with E-state index in [1.54, 1.807) is 0 Å². The van der Waals surface area contributed by atoms with E-state index in [0.717, 1.165) is 36.8 Å². The largest absolute Gasteiger partial charge is 0.399 e. The van der Waals surface area contributed by atoms with Crippen LogP contribution in [0.1, 0.15) is 36.8 Å². The molecule has 0 spiro atoms. The number of carbonyl (C=O) groups is 1. The van der Waals surface area contributed by atoms with Crippen LogP contribution in [0, 0.1) is 0 Å². The Morgan fingerprint density at radius 1 is 1.13 bits per heavy atom. The van der Waals surface area contributed by atoms with Crippen LogP contribution in [0.5, 0.6) is 0 Å². The van der Waals surface area contributed by atoms with Crippen molar-refractivity contribution in [2.75, 3.05) is 5.73 Å². The standard InChI is InChI=1S/C19H21ClN2O/c20-16-5-3-4-15(13-16)19(10-1-2-11-19)22-18(23)12-14-6-8-17(21)9-7-14/h3-9,13H,1-2,10-12,21H2,(H,22,23). The zero-order chi connectivity index (χ0) is 16.3. The highest BCUT2D eigenvalue weighted by Gasteiger charge is 2.37. The number of nitrogen functional groups attached to an aromatic ring is 1. The first-order chi connectivity index (χ1) is 11.1. The molecule has 2 aromatic rings. The van der Waals surface area contributed by atoms with E-state index < -0.39 is 0 Å². The third-order valence-electron chi connectivity index (χ3n) is 4.56. The first-order valence-corrected chi connectivity index (χ1v) is 8.37. The number of benzene rings is 2. The molecule has 3 N–H and O–H groups in total. The predicted octanol–water partition coefficient (Wildman–Crippen LogP) is 4.05. The molecule has 0 aromatic heterocycles. The van der Waals surface area contributed by atoms with E-state index in [1.165, 1.54) is 0 Å². The van der Waals surface area contributed by atoms with Crippen molar-refractivity contribution in [3.63, 3.8) is 0 Å². The molecule has 0 aliphatic heterocycles. The van der Waals surface area contributed by atoms with E-state index in [4.69, 9.17) is 17.3 Å². The Balaban J connectivity index is 1.77. The van der Waals surface area contributed by atoms with Gasteiger partial charge in [-0.25, -0.2) is 0 Å². The minimum atomic E-state index is -0.282. The minimum absolute atomic E-state index is 0.0386. The first kappa shape index (κ1) is 15.9. The lowest BCUT2D eigenvalue weighted by molar-refractivity contribution is -0.122. The molecule has 1 amide bonds. The smallest absolute Gasteiger partial charge is 0.225 e. The second-order valence-electron chi connectivity index (χ2n) is 6.27. The van der Waals surface area contributed by atoms with E-state index in [1.807, 2.05) is 42.5 Å². The van der Waals surface area contributed by atoms with Gasteiger partial charge in [-0.2, -0.15) is 0 Å². The molecule has 0 saturated heterocycles. The molecule has 0 radical (unpaired) electrons. The maximum absolute atomic E-state index is 12.5. The number of nitrogens with one attached hydrogen (secondary N) is 1. The second kappa shape index (κ2) is 6.63. The lowest BCUT2D eigenvalue weighted by Gasteiger charge is -2.31. The summed E-state index contributed by atoms with van der Waals surface area (Å²) in [6, 6.07) is 15.3. The topological polar surface area (TPSA) is 55.1 Å². The summed E-state index contributed by atoms with van der Waals surface area (Å²) >= 11 is 6.14. The number of hydrogen-bond acceptors (Lipinski definition) is 2. The zero-order valence-corrected chi connectivity index (χ0v) is 13.8. The Kier molecular flexibility index (Phi) is 4.58. The van der Waals surface area contributed by atoms with E-state index >= 15 is 0 Å². The van der Waals surface area contributed by atoms with Gasteiger partial charge < -0.3 is 11.1 Å². The minimum Gasteiger partial charge on any atom is -0.399 e. The molecule has 3 rings (SSSR count). The van der Waals surface area contributed by atoms with Gasteiger partial charge in [-0.15, -0.1) is 0 Å². The molecule has 0 bridgehead atoms. The van der Waals surface area contributed by atoms with Crippen LogP contribution in [0.3, 0.4) is 0 Å². The van der Waals surface area contributed by atoms with Crippen molar-refractivity contribution >= 4 is 23.2 Å². The van der Waals surface area contributed by atoms with Crippen LogP contribution < -0.4 is 11.1 Å². The maximum Gasteiger partial charge on any atom is 0.225 e. The Morgan fingerprint density at radius 2 is 1.83 bits per heavy atom. The highest BCUT2D eigenvalue weighted by atomic mass is 35.5. The fourth-order valence-electron chi connectivity index (χ4n) is 3.38. The second-order valence-corrected chi connectivity index (χ2v) is 6.70. The average molecular weight is 329 g/mol. The molecule has 23 heavy (non-hydrogen) atoms. The fourth-order valence-corrected chi connectivity index (χ4v) is 3.57. The van der Waals surface area contributed by atoms with Crippen molar-refractivity contribution in [3.8, 4) is 0 Å². The van der Waals surface area contributed by atoms with E-state index in [9.17, 15) is 4.79 Å². The number of amides is 1. The van der Waals surface area contributed by atoms with E-state index in [-0.39, 0.29) is 11.4 Å². The molecule has 0 atom stereocenters. The van der Waals surface area contributed by atoms with E-state index in [0.29, 0.717) is 17.1 Å². The van der Waals surface area contributed by atoms with Gasteiger partial charge in [-0.1, -0.05) is 48.7 Å². The Labute approximate surface area is 141 Å². The Morgan fingerprint density at radius 3 is 2.48 bits per heavy atom. The number of anilines is 1. The molecule has 4 heteroatoms. The van der Waals surface area contributed by atoms with Crippen molar-refractivity contribution < 1.29 is 4.79 Å². The average Bonchev–Trinajstić information content (AvgIpc) is 2.99. The molecule has 0 unspecified atom stereocenters. The first-order valence-electron chi connectivity index (χ1n) is 7.99. The van der Waals surface area contributed by atoms with Crippen LogP contribution in [-0.2, 0) is 16.8 Å². The van der Waals surface area contributed by atoms with Gasteiger partial charge in [0.25, 0.3) is 0 Å². The molecular weight excluding hydrogens is 308 g/mol. The van der Waals surface area contributed by atoms with Gasteiger partial charge >= 0.3 is 0 Å². The SMILES string of the molecule is Nc1ccc(CC(=O)NC2(c3cccc(Cl)c3)CCCC2)cc1. The van der Waals surface area contributed by atoms with Crippen LogP contribution in [0.2, 0.25) is 5.02 Å². The van der Waals surface area contributed by atoms with Crippen LogP contribution >= 0.6 is 11.6 Å². The van der Waals surface area contributed by atoms with Gasteiger partial charge in [-0.3, -0.25) is 4.79 Å². The van der Waals surface area contributed by atoms with Crippen molar-refractivity contribution in [1.29, 1.82) is 0 Å². The molecule has 1 aliphatic rings. The van der Waals surface area contributed by atoms with Crippen molar-refractivity contribution in [2.24, 2.45) is 0 Å². The summed E-state index contributed by atoms with van der Waals surface area (Å²) in [4.78, 5) is 12.5. The summed E-state index contributed by atoms with van der Waals surface area (Å²) in [7, 11) is 0. The van der Waals surface area contributed by atoms with Gasteiger partial charge in [-0.05, 0) is 48.2 Å². The van der Waals surface area contributed by atoms with Crippen LogP contribution in [-0.4, -0.2) is 5.91 Å². The van der Waals surface area contributed by atoms with Gasteiger partial charge in [0, 0.05) is 10.7 Å². The quantitative estimate of drug-likeness (QED) is 0.832. The van der Waals surface area contributed by atoms with Crippen molar-refractivity contribution in [3.05, 3.63) is 64.7 Å². The Hall–Kier alpha value is -2.00. The predicted molar refractivity (Wildman–Crippen MR) is 94.3 cm³/mol. The van der Waals surface area contributed by atoms with Crippen molar-refractivity contribution in [2.45, 2.75) is 37.6 Å². The molecule has 0 heterocycles. The van der Waals surface area contributed by atoms with Crippen molar-refractivity contribution in [1.82, 2.24) is 5.32 Å². The molecule has 120 valence electrons. The summed E-state index contributed by atoms with van der Waals surface area (Å²) in [5.41, 5.74) is 8.19. The molecule has 2 aromatic carbocycles. The fraction of sp³-hybridized carbons (Fsp3) is 0.316. The van der Waals surface area contributed by atoms with Gasteiger partial charge in [0.05, 0.1) is 12.0 Å². The van der Waals surface area contributed by atoms with Crippen LogP contribution in [0.4, 0.5) is 5.69 Å². The number of nitrogens with two attached hydrogens (primary N) is 1. The molecule has 1 aliphatic carbocycles. The summed E-state index contributed by atoms with van der Waals surface area (Å²) in [6.07, 6.45) is 4.52. The zero-order valence-electron chi connectivity index (χ0n) is 13.0. The lowest BCUT2D eigenvalue weighted by Crippen LogP contribution is -2.44. The number of rotatable bonds is 4. The molecule has 1 fully saturated rings. The monoisotopic (exact) mass is 328 g/mol. The van der Waals surface area contributed by atoms with Gasteiger partial charge in [0.2, 0.25) is 5.91 Å². The number of hydrogen-bond donors (Lipinski definition) is 2. The summed E-state index contributed by atoms with van der Waals surface area (Å²) in [6.45, 7) is 0. The van der Waals surface area contributed by atoms with Gasteiger partial charge in [0.15, 0.2) is 0 Å². The normalized spacial score (nSPS) is 16.2. The lowest BCUT2D eigenvalue weighted by atomic mass is 9.88. The maximum atomic E-state index is 12.5. The summed E-state index contributed by atoms with van der Waals surface area (Å²) in [5, 5.41) is 3.98. The molecule has 3 nitrogen and oxygen atoms in total. The Bertz CT molecular complexity index is 691. The summed E-state index contributed by atoms with van der Waals surface area (Å²) < 4.78 is 0. The van der Waals surface area contributed by atoms with Crippen LogP contribution in [0.25, 0.3) is 0 Å². The number of carbonyl (C=O) groups excluding carboxylic acids is 1. The van der Waals surface area contributed by atoms with E-state index in [2.05, 4.69) is 11.4 Å². The highest BCUT2D eigenvalue weighted by Crippen LogP contribution is 2.39. The van der Waals surface area contributed by atoms with Crippen LogP contribution in [0.15, 0.2) is 48.5 Å².